The van der Waals surface area contributed by atoms with Crippen LogP contribution in [0.2, 0.25) is 0 Å². The molecule has 8 nitrogen and oxygen atoms in total. The van der Waals surface area contributed by atoms with E-state index in [1.807, 2.05) is 55.4 Å². The van der Waals surface area contributed by atoms with Crippen LogP contribution in [0.25, 0.3) is 22.1 Å². The molecule has 4 rings (SSSR count). The zero-order chi connectivity index (χ0) is 24.1. The number of carbonyl (C=O) groups is 1. The molecule has 3 heterocycles. The molecular weight excluding hydrogens is 426 g/mol. The van der Waals surface area contributed by atoms with Gasteiger partial charge in [-0.2, -0.15) is 0 Å². The maximum absolute atomic E-state index is 12.5. The van der Waals surface area contributed by atoms with E-state index in [9.17, 15) is 4.79 Å². The van der Waals surface area contributed by atoms with E-state index in [0.29, 0.717) is 17.9 Å². The molecule has 4 aromatic rings. The summed E-state index contributed by atoms with van der Waals surface area (Å²) in [6.45, 7) is 3.59. The van der Waals surface area contributed by atoms with E-state index in [4.69, 9.17) is 10.7 Å². The highest BCUT2D eigenvalue weighted by atomic mass is 16.1. The van der Waals surface area contributed by atoms with Crippen LogP contribution in [-0.4, -0.2) is 46.1 Å². The van der Waals surface area contributed by atoms with Crippen LogP contribution in [0.15, 0.2) is 42.6 Å². The second-order valence-electron chi connectivity index (χ2n) is 8.75. The molecule has 0 aliphatic rings. The maximum atomic E-state index is 12.5. The molecule has 34 heavy (non-hydrogen) atoms. The van der Waals surface area contributed by atoms with E-state index >= 15 is 0 Å². The van der Waals surface area contributed by atoms with Gasteiger partial charge in [0.1, 0.15) is 22.4 Å². The van der Waals surface area contributed by atoms with Crippen molar-refractivity contribution in [3.63, 3.8) is 0 Å². The van der Waals surface area contributed by atoms with Gasteiger partial charge in [-0.05, 0) is 55.7 Å². The Balaban J connectivity index is 1.44. The molecule has 0 saturated heterocycles. The topological polar surface area (TPSA) is 102 Å². The van der Waals surface area contributed by atoms with Crippen molar-refractivity contribution in [1.29, 1.82) is 0 Å². The zero-order valence-electron chi connectivity index (χ0n) is 20.2. The predicted molar refractivity (Wildman–Crippen MR) is 138 cm³/mol. The lowest BCUT2D eigenvalue weighted by atomic mass is 10.2. The zero-order valence-corrected chi connectivity index (χ0v) is 20.2. The Morgan fingerprint density at radius 3 is 2.59 bits per heavy atom. The van der Waals surface area contributed by atoms with Crippen molar-refractivity contribution >= 4 is 39.5 Å². The third kappa shape index (κ3) is 4.95. The van der Waals surface area contributed by atoms with E-state index in [-0.39, 0.29) is 5.91 Å². The summed E-state index contributed by atoms with van der Waals surface area (Å²) in [5.74, 6) is 1.42. The average Bonchev–Trinajstić information content (AvgIpc) is 3.21. The number of fused-ring (bicyclic) bond motifs is 3. The van der Waals surface area contributed by atoms with E-state index in [1.54, 1.807) is 6.20 Å². The minimum atomic E-state index is -0.0453. The lowest BCUT2D eigenvalue weighted by Crippen LogP contribution is -2.24. The number of rotatable bonds is 10. The van der Waals surface area contributed by atoms with Crippen LogP contribution in [0.5, 0.6) is 0 Å². The molecule has 8 heteroatoms. The van der Waals surface area contributed by atoms with Crippen LogP contribution in [0.3, 0.4) is 0 Å². The van der Waals surface area contributed by atoms with Gasteiger partial charge in [0.05, 0.1) is 5.52 Å². The second-order valence-corrected chi connectivity index (χ2v) is 8.75. The quantitative estimate of drug-likeness (QED) is 0.345. The number of nitrogens with two attached hydrogens (primary N) is 1. The summed E-state index contributed by atoms with van der Waals surface area (Å²) in [5, 5.41) is 3.03. The van der Waals surface area contributed by atoms with E-state index in [0.717, 1.165) is 72.2 Å². The number of benzene rings is 1. The van der Waals surface area contributed by atoms with Crippen LogP contribution in [0, 0.1) is 0 Å². The fourth-order valence-corrected chi connectivity index (χ4v) is 4.15. The molecule has 1 aromatic carbocycles. The highest BCUT2D eigenvalue weighted by molar-refractivity contribution is 6.04. The summed E-state index contributed by atoms with van der Waals surface area (Å²) in [5.41, 5.74) is 11.3. The number of nitrogens with zero attached hydrogens (tertiary/aromatic N) is 5. The lowest BCUT2D eigenvalue weighted by Gasteiger charge is -2.13. The van der Waals surface area contributed by atoms with Crippen LogP contribution in [0.1, 0.15) is 48.8 Å². The Bertz CT molecular complexity index is 1280. The molecule has 0 bridgehead atoms. The number of carbonyl (C=O) groups excluding carboxylic acids is 1. The number of aryl methyl sites for hydroxylation is 2. The molecule has 3 N–H and O–H groups in total. The van der Waals surface area contributed by atoms with Gasteiger partial charge in [0.15, 0.2) is 5.82 Å². The minimum absolute atomic E-state index is 0.0453. The number of hydrogen-bond acceptors (Lipinski definition) is 6. The van der Waals surface area contributed by atoms with Crippen molar-refractivity contribution in [3.8, 4) is 0 Å². The number of anilines is 2. The Hall–Kier alpha value is -3.68. The number of hydrogen-bond donors (Lipinski definition) is 2. The smallest absolute Gasteiger partial charge is 0.251 e. The first kappa shape index (κ1) is 23.5. The van der Waals surface area contributed by atoms with Gasteiger partial charge in [-0.25, -0.2) is 9.97 Å². The molecule has 0 fully saturated rings. The van der Waals surface area contributed by atoms with Crippen LogP contribution in [-0.2, 0) is 13.0 Å². The summed E-state index contributed by atoms with van der Waals surface area (Å²) < 4.78 is 2.25. The first-order valence-electron chi connectivity index (χ1n) is 11.9. The fraction of sp³-hybridized carbons (Fsp3) is 0.385. The Morgan fingerprint density at radius 2 is 1.85 bits per heavy atom. The van der Waals surface area contributed by atoms with Crippen molar-refractivity contribution in [2.75, 3.05) is 31.3 Å². The first-order valence-corrected chi connectivity index (χ1v) is 11.9. The number of imidazole rings is 1. The van der Waals surface area contributed by atoms with Gasteiger partial charge in [0.25, 0.3) is 5.91 Å². The van der Waals surface area contributed by atoms with Gasteiger partial charge in [0.2, 0.25) is 0 Å². The third-order valence-corrected chi connectivity index (χ3v) is 6.03. The summed E-state index contributed by atoms with van der Waals surface area (Å²) in [7, 11) is 3.96. The molecule has 0 radical (unpaired) electrons. The molecule has 0 aliphatic heterocycles. The van der Waals surface area contributed by atoms with Gasteiger partial charge in [0, 0.05) is 51.1 Å². The van der Waals surface area contributed by atoms with E-state index in [2.05, 4.69) is 26.8 Å². The van der Waals surface area contributed by atoms with Gasteiger partial charge in [-0.1, -0.05) is 13.3 Å². The molecule has 1 amide bonds. The molecule has 3 aromatic heterocycles. The highest BCUT2D eigenvalue weighted by Crippen LogP contribution is 2.28. The molecule has 0 aliphatic carbocycles. The minimum Gasteiger partial charge on any atom is -0.382 e. The maximum Gasteiger partial charge on any atom is 0.251 e. The van der Waals surface area contributed by atoms with Gasteiger partial charge < -0.3 is 20.5 Å². The number of amides is 1. The molecule has 0 saturated carbocycles. The normalized spacial score (nSPS) is 11.3. The number of pyridine rings is 2. The molecule has 0 unspecified atom stereocenters. The number of nitrogens with one attached hydrogen (secondary N) is 1. The van der Waals surface area contributed by atoms with Crippen molar-refractivity contribution in [2.24, 2.45) is 0 Å². The summed E-state index contributed by atoms with van der Waals surface area (Å²) in [4.78, 5) is 28.4. The number of aromatic nitrogens is 4. The fourth-order valence-electron chi connectivity index (χ4n) is 4.15. The summed E-state index contributed by atoms with van der Waals surface area (Å²) >= 11 is 0. The molecule has 0 atom stereocenters. The summed E-state index contributed by atoms with van der Waals surface area (Å²) in [6.07, 6.45) is 6.59. The van der Waals surface area contributed by atoms with Gasteiger partial charge in [-0.3, -0.25) is 9.78 Å². The molecule has 0 spiro atoms. The lowest BCUT2D eigenvalue weighted by molar-refractivity contribution is 0.0953. The SMILES string of the molecule is CCCCc1nc2c(N)nc3cccnc3c2n1CCCCNC(=O)c1ccc(N(C)C)cc1. The Morgan fingerprint density at radius 1 is 1.06 bits per heavy atom. The van der Waals surface area contributed by atoms with Crippen LogP contribution < -0.4 is 16.0 Å². The van der Waals surface area contributed by atoms with E-state index < -0.39 is 0 Å². The van der Waals surface area contributed by atoms with Gasteiger partial charge >= 0.3 is 0 Å². The molecule has 178 valence electrons. The molecular formula is C26H33N7O. The first-order chi connectivity index (χ1) is 16.5. The third-order valence-electron chi connectivity index (χ3n) is 6.03. The Kier molecular flexibility index (Phi) is 7.25. The standard InChI is InChI=1S/C26H33N7O/c1-4-5-10-21-31-23-24(22-20(30-25(23)27)9-8-16-28-22)33(21)17-7-6-15-29-26(34)18-11-13-19(14-12-18)32(2)3/h8-9,11-14,16H,4-7,10,15,17H2,1-3H3,(H2,27,30)(H,29,34). The van der Waals surface area contributed by atoms with Crippen LogP contribution >= 0.6 is 0 Å². The van der Waals surface area contributed by atoms with Crippen molar-refractivity contribution in [2.45, 2.75) is 45.6 Å². The van der Waals surface area contributed by atoms with E-state index in [1.165, 1.54) is 0 Å². The van der Waals surface area contributed by atoms with Crippen molar-refractivity contribution < 1.29 is 4.79 Å². The summed E-state index contributed by atoms with van der Waals surface area (Å²) in [6, 6.07) is 11.4. The van der Waals surface area contributed by atoms with Gasteiger partial charge in [-0.15, -0.1) is 0 Å². The predicted octanol–water partition coefficient (Wildman–Crippen LogP) is 4.18. The van der Waals surface area contributed by atoms with Crippen molar-refractivity contribution in [1.82, 2.24) is 24.8 Å². The Labute approximate surface area is 200 Å². The van der Waals surface area contributed by atoms with Crippen LogP contribution in [0.4, 0.5) is 11.5 Å². The second kappa shape index (κ2) is 10.5. The number of nitrogen functional groups attached to an aromatic ring is 1. The number of unbranched alkanes of at least 4 members (excludes halogenated alkanes) is 2. The van der Waals surface area contributed by atoms with Crippen molar-refractivity contribution in [3.05, 3.63) is 54.0 Å². The average molecular weight is 460 g/mol. The highest BCUT2D eigenvalue weighted by Gasteiger charge is 2.17. The largest absolute Gasteiger partial charge is 0.382 e. The monoisotopic (exact) mass is 459 g/mol.